The van der Waals surface area contributed by atoms with Gasteiger partial charge in [0.2, 0.25) is 0 Å². The second-order valence-corrected chi connectivity index (χ2v) is 3.94. The fourth-order valence-corrected chi connectivity index (χ4v) is 1.56. The Hall–Kier alpha value is -2.75. The third-order valence-corrected chi connectivity index (χ3v) is 2.50. The van der Waals surface area contributed by atoms with Crippen LogP contribution in [0.1, 0.15) is 0 Å². The van der Waals surface area contributed by atoms with Gasteiger partial charge in [-0.05, 0) is 36.4 Å². The molecular formula is C15H14N2O2. The maximum absolute atomic E-state index is 9.31. The van der Waals surface area contributed by atoms with Crippen LogP contribution in [0.25, 0.3) is 10.9 Å². The topological polar surface area (TPSA) is 79.4 Å². The van der Waals surface area contributed by atoms with E-state index in [4.69, 9.17) is 10.8 Å². The van der Waals surface area contributed by atoms with Gasteiger partial charge in [-0.1, -0.05) is 18.2 Å². The van der Waals surface area contributed by atoms with Gasteiger partial charge in [0.15, 0.2) is 0 Å². The third-order valence-electron chi connectivity index (χ3n) is 2.50. The number of nitrogens with two attached hydrogens (primary N) is 1. The summed E-state index contributed by atoms with van der Waals surface area (Å²) in [6, 6.07) is 15.5. The Balaban J connectivity index is 0.000000148. The van der Waals surface area contributed by atoms with Gasteiger partial charge in [-0.2, -0.15) is 0 Å². The van der Waals surface area contributed by atoms with Gasteiger partial charge in [-0.15, -0.1) is 0 Å². The number of phenols is 2. The molecule has 4 heteroatoms. The summed E-state index contributed by atoms with van der Waals surface area (Å²) in [6.07, 6.45) is 1.67. The summed E-state index contributed by atoms with van der Waals surface area (Å²) in [4.78, 5) is 4.03. The zero-order valence-electron chi connectivity index (χ0n) is 10.2. The molecule has 0 aliphatic heterocycles. The number of aromatic nitrogens is 1. The monoisotopic (exact) mass is 254 g/mol. The summed E-state index contributed by atoms with van der Waals surface area (Å²) in [5.41, 5.74) is 6.65. The molecule has 0 atom stereocenters. The van der Waals surface area contributed by atoms with E-state index in [9.17, 15) is 5.11 Å². The fraction of sp³-hybridized carbons (Fsp3) is 0. The minimum Gasteiger partial charge on any atom is -0.508 e. The fourth-order valence-electron chi connectivity index (χ4n) is 1.56. The number of phenolic OH excluding ortho intramolecular Hbond substituents is 2. The van der Waals surface area contributed by atoms with Crippen LogP contribution < -0.4 is 5.73 Å². The third kappa shape index (κ3) is 3.35. The predicted octanol–water partition coefficient (Wildman–Crippen LogP) is 2.91. The van der Waals surface area contributed by atoms with Crippen molar-refractivity contribution in [3.05, 3.63) is 60.8 Å². The van der Waals surface area contributed by atoms with Crippen molar-refractivity contribution in [1.29, 1.82) is 0 Å². The highest BCUT2D eigenvalue weighted by Crippen LogP contribution is 2.20. The molecule has 3 rings (SSSR count). The second-order valence-electron chi connectivity index (χ2n) is 3.94. The number of para-hydroxylation sites is 1. The van der Waals surface area contributed by atoms with Crippen molar-refractivity contribution in [2.24, 2.45) is 0 Å². The minimum atomic E-state index is 0.239. The van der Waals surface area contributed by atoms with Crippen molar-refractivity contribution >= 4 is 16.6 Å². The molecule has 0 amide bonds. The van der Waals surface area contributed by atoms with E-state index < -0.39 is 0 Å². The second kappa shape index (κ2) is 5.73. The van der Waals surface area contributed by atoms with Crippen LogP contribution in [0.4, 0.5) is 5.69 Å². The molecule has 0 radical (unpaired) electrons. The van der Waals surface area contributed by atoms with Crippen LogP contribution in [0.2, 0.25) is 0 Å². The van der Waals surface area contributed by atoms with E-state index in [2.05, 4.69) is 4.98 Å². The van der Waals surface area contributed by atoms with E-state index >= 15 is 0 Å². The molecular weight excluding hydrogens is 240 g/mol. The van der Waals surface area contributed by atoms with Gasteiger partial charge >= 0.3 is 0 Å². The van der Waals surface area contributed by atoms with E-state index in [1.54, 1.807) is 42.6 Å². The van der Waals surface area contributed by atoms with Crippen LogP contribution >= 0.6 is 0 Å². The molecule has 0 saturated heterocycles. The molecule has 1 aromatic heterocycles. The first-order chi connectivity index (χ1) is 9.16. The summed E-state index contributed by atoms with van der Waals surface area (Å²) in [7, 11) is 0. The van der Waals surface area contributed by atoms with Gasteiger partial charge in [0.1, 0.15) is 17.0 Å². The maximum Gasteiger partial charge on any atom is 0.141 e. The van der Waals surface area contributed by atoms with Gasteiger partial charge in [0.05, 0.1) is 0 Å². The summed E-state index contributed by atoms with van der Waals surface area (Å²) < 4.78 is 0. The predicted molar refractivity (Wildman–Crippen MR) is 75.9 cm³/mol. The molecule has 3 aromatic rings. The van der Waals surface area contributed by atoms with E-state index in [-0.39, 0.29) is 11.5 Å². The molecule has 1 heterocycles. The first kappa shape index (κ1) is 12.7. The summed E-state index contributed by atoms with van der Waals surface area (Å²) >= 11 is 0. The van der Waals surface area contributed by atoms with E-state index in [0.717, 1.165) is 5.39 Å². The summed E-state index contributed by atoms with van der Waals surface area (Å²) in [5.74, 6) is 0.488. The molecule has 4 nitrogen and oxygen atoms in total. The Bertz CT molecular complexity index is 640. The average molecular weight is 254 g/mol. The minimum absolute atomic E-state index is 0.239. The number of pyridine rings is 1. The van der Waals surface area contributed by atoms with Crippen molar-refractivity contribution in [2.45, 2.75) is 0 Å². The SMILES string of the molecule is Nc1ccc(O)cc1.Oc1cccc2cccnc12. The summed E-state index contributed by atoms with van der Waals surface area (Å²) in [5, 5.41) is 19.0. The van der Waals surface area contributed by atoms with Crippen LogP contribution in [-0.2, 0) is 0 Å². The lowest BCUT2D eigenvalue weighted by Gasteiger charge is -1.96. The van der Waals surface area contributed by atoms with Crippen LogP contribution in [0.3, 0.4) is 0 Å². The number of fused-ring (bicyclic) bond motifs is 1. The van der Waals surface area contributed by atoms with Gasteiger partial charge in [0, 0.05) is 17.3 Å². The van der Waals surface area contributed by atoms with Gasteiger partial charge in [-0.25, -0.2) is 0 Å². The largest absolute Gasteiger partial charge is 0.508 e. The molecule has 0 fully saturated rings. The van der Waals surface area contributed by atoms with Gasteiger partial charge in [0.25, 0.3) is 0 Å². The van der Waals surface area contributed by atoms with Crippen molar-refractivity contribution < 1.29 is 10.2 Å². The number of anilines is 1. The Morgan fingerprint density at radius 1 is 0.842 bits per heavy atom. The molecule has 0 unspecified atom stereocenters. The van der Waals surface area contributed by atoms with Gasteiger partial charge in [-0.3, -0.25) is 4.98 Å². The van der Waals surface area contributed by atoms with E-state index in [1.165, 1.54) is 0 Å². The standard InChI is InChI=1S/C9H7NO.C6H7NO/c11-8-5-1-3-7-4-2-6-10-9(7)8;7-5-1-3-6(8)4-2-5/h1-6,11H;1-4,8H,7H2. The Kier molecular flexibility index (Phi) is 3.83. The smallest absolute Gasteiger partial charge is 0.141 e. The first-order valence-corrected chi connectivity index (χ1v) is 5.74. The zero-order chi connectivity index (χ0) is 13.7. The van der Waals surface area contributed by atoms with Gasteiger partial charge < -0.3 is 15.9 Å². The molecule has 0 spiro atoms. The number of nitrogens with zero attached hydrogens (tertiary/aromatic N) is 1. The van der Waals surface area contributed by atoms with Crippen LogP contribution in [0.5, 0.6) is 11.5 Å². The maximum atomic E-state index is 9.31. The zero-order valence-corrected chi connectivity index (χ0v) is 10.2. The number of rotatable bonds is 0. The highest BCUT2D eigenvalue weighted by atomic mass is 16.3. The Labute approximate surface area is 110 Å². The van der Waals surface area contributed by atoms with Crippen molar-refractivity contribution in [3.8, 4) is 11.5 Å². The number of hydrogen-bond acceptors (Lipinski definition) is 4. The Morgan fingerprint density at radius 2 is 1.53 bits per heavy atom. The van der Waals surface area contributed by atoms with Crippen LogP contribution in [0.15, 0.2) is 60.8 Å². The van der Waals surface area contributed by atoms with E-state index in [0.29, 0.717) is 11.2 Å². The molecule has 0 saturated carbocycles. The number of hydrogen-bond donors (Lipinski definition) is 3. The van der Waals surface area contributed by atoms with Crippen molar-refractivity contribution in [3.63, 3.8) is 0 Å². The molecule has 0 aliphatic rings. The molecule has 19 heavy (non-hydrogen) atoms. The number of aromatic hydroxyl groups is 2. The number of nitrogen functional groups attached to an aromatic ring is 1. The average Bonchev–Trinajstić information content (AvgIpc) is 2.44. The Morgan fingerprint density at radius 3 is 2.16 bits per heavy atom. The lowest BCUT2D eigenvalue weighted by molar-refractivity contribution is 0.475. The first-order valence-electron chi connectivity index (χ1n) is 5.74. The van der Waals surface area contributed by atoms with Crippen molar-refractivity contribution in [2.75, 3.05) is 5.73 Å². The lowest BCUT2D eigenvalue weighted by Crippen LogP contribution is -1.80. The normalized spacial score (nSPS) is 9.68. The summed E-state index contributed by atoms with van der Waals surface area (Å²) in [6.45, 7) is 0. The molecule has 4 N–H and O–H groups in total. The quantitative estimate of drug-likeness (QED) is 0.425. The highest BCUT2D eigenvalue weighted by Gasteiger charge is 1.96. The van der Waals surface area contributed by atoms with Crippen LogP contribution in [0, 0.1) is 0 Å². The van der Waals surface area contributed by atoms with E-state index in [1.807, 2.05) is 18.2 Å². The van der Waals surface area contributed by atoms with Crippen LogP contribution in [-0.4, -0.2) is 15.2 Å². The molecule has 0 bridgehead atoms. The molecule has 96 valence electrons. The lowest BCUT2D eigenvalue weighted by atomic mass is 10.2. The molecule has 2 aromatic carbocycles. The van der Waals surface area contributed by atoms with Crippen molar-refractivity contribution in [1.82, 2.24) is 4.98 Å². The molecule has 0 aliphatic carbocycles. The number of benzene rings is 2. The highest BCUT2D eigenvalue weighted by molar-refractivity contribution is 5.83.